The van der Waals surface area contributed by atoms with Gasteiger partial charge in [-0.05, 0) is 37.6 Å². The Balaban J connectivity index is 1.90. The van der Waals surface area contributed by atoms with Gasteiger partial charge in [0.1, 0.15) is 6.54 Å². The molecule has 2 N–H and O–H groups in total. The molecule has 0 aliphatic rings. The first-order valence-corrected chi connectivity index (χ1v) is 6.62. The van der Waals surface area contributed by atoms with Crippen molar-refractivity contribution in [3.05, 3.63) is 52.8 Å². The van der Waals surface area contributed by atoms with E-state index in [0.29, 0.717) is 5.56 Å². The van der Waals surface area contributed by atoms with Crippen LogP contribution in [-0.4, -0.2) is 33.0 Å². The molecule has 0 unspecified atom stereocenters. The zero-order valence-corrected chi connectivity index (χ0v) is 12.3. The van der Waals surface area contributed by atoms with Crippen LogP contribution in [0.25, 0.3) is 0 Å². The van der Waals surface area contributed by atoms with Gasteiger partial charge in [0.25, 0.3) is 5.91 Å². The van der Waals surface area contributed by atoms with E-state index in [-0.39, 0.29) is 18.0 Å². The molecular weight excluding hydrogens is 284 g/mol. The van der Waals surface area contributed by atoms with Crippen LogP contribution in [-0.2, 0) is 11.3 Å². The minimum absolute atomic E-state index is 0.0922. The molecule has 0 fully saturated rings. The molecule has 0 saturated carbocycles. The van der Waals surface area contributed by atoms with E-state index in [1.165, 1.54) is 18.3 Å². The number of aromatic nitrogens is 2. The highest BCUT2D eigenvalue weighted by Gasteiger charge is 2.06. The maximum Gasteiger partial charge on any atom is 0.335 e. The summed E-state index contributed by atoms with van der Waals surface area (Å²) in [4.78, 5) is 22.5. The molecule has 1 heterocycles. The van der Waals surface area contributed by atoms with Crippen molar-refractivity contribution in [3.8, 4) is 0 Å². The molecule has 0 spiro atoms. The number of aromatic carboxylic acids is 1. The van der Waals surface area contributed by atoms with Crippen molar-refractivity contribution in [2.45, 2.75) is 20.4 Å². The SMILES string of the molecule is Cc1cc(C)n(CC(=O)N/N=C/c2ccc(C(=O)O)cc2)n1. The fraction of sp³-hybridized carbons (Fsp3) is 0.200. The Kier molecular flexibility index (Phi) is 4.67. The minimum atomic E-state index is -0.985. The van der Waals surface area contributed by atoms with Crippen LogP contribution in [0.5, 0.6) is 0 Å². The van der Waals surface area contributed by atoms with Crippen LogP contribution in [0.2, 0.25) is 0 Å². The van der Waals surface area contributed by atoms with Crippen LogP contribution in [0.15, 0.2) is 35.4 Å². The maximum atomic E-state index is 11.7. The molecule has 1 aromatic heterocycles. The molecule has 22 heavy (non-hydrogen) atoms. The normalized spacial score (nSPS) is 10.8. The molecule has 0 aliphatic carbocycles. The van der Waals surface area contributed by atoms with Crippen LogP contribution in [0.1, 0.15) is 27.3 Å². The van der Waals surface area contributed by atoms with E-state index in [1.807, 2.05) is 19.9 Å². The third-order valence-corrected chi connectivity index (χ3v) is 2.96. The average molecular weight is 300 g/mol. The van der Waals surface area contributed by atoms with Crippen molar-refractivity contribution < 1.29 is 14.7 Å². The van der Waals surface area contributed by atoms with E-state index in [1.54, 1.807) is 16.8 Å². The smallest absolute Gasteiger partial charge is 0.335 e. The van der Waals surface area contributed by atoms with E-state index in [2.05, 4.69) is 15.6 Å². The summed E-state index contributed by atoms with van der Waals surface area (Å²) in [5, 5.41) is 16.8. The molecule has 0 saturated heterocycles. The zero-order valence-electron chi connectivity index (χ0n) is 12.3. The molecular formula is C15H16N4O3. The van der Waals surface area contributed by atoms with Crippen molar-refractivity contribution in [1.29, 1.82) is 0 Å². The lowest BCUT2D eigenvalue weighted by atomic mass is 10.1. The number of nitrogens with one attached hydrogen (secondary N) is 1. The second-order valence-corrected chi connectivity index (χ2v) is 4.81. The number of carbonyl (C=O) groups is 2. The predicted molar refractivity (Wildman–Crippen MR) is 80.8 cm³/mol. The molecule has 7 heteroatoms. The molecule has 2 aromatic rings. The summed E-state index contributed by atoms with van der Waals surface area (Å²) in [7, 11) is 0. The Bertz CT molecular complexity index is 717. The minimum Gasteiger partial charge on any atom is -0.478 e. The number of hydrogen-bond acceptors (Lipinski definition) is 4. The number of nitrogens with zero attached hydrogens (tertiary/aromatic N) is 3. The van der Waals surface area contributed by atoms with Crippen LogP contribution in [0.4, 0.5) is 0 Å². The van der Waals surface area contributed by atoms with E-state index >= 15 is 0 Å². The summed E-state index contributed by atoms with van der Waals surface area (Å²) in [6.45, 7) is 3.83. The molecule has 2 rings (SSSR count). The number of aryl methyl sites for hydroxylation is 2. The Hall–Kier alpha value is -2.96. The number of hydrogen-bond donors (Lipinski definition) is 2. The lowest BCUT2D eigenvalue weighted by Crippen LogP contribution is -2.24. The molecule has 0 radical (unpaired) electrons. The number of carbonyl (C=O) groups excluding carboxylic acids is 1. The first-order valence-electron chi connectivity index (χ1n) is 6.62. The van der Waals surface area contributed by atoms with Gasteiger partial charge in [-0.2, -0.15) is 10.2 Å². The molecule has 0 aliphatic heterocycles. The summed E-state index contributed by atoms with van der Waals surface area (Å²) < 4.78 is 1.60. The molecule has 1 aromatic carbocycles. The van der Waals surface area contributed by atoms with Crippen molar-refractivity contribution in [2.24, 2.45) is 5.10 Å². The number of rotatable bonds is 5. The summed E-state index contributed by atoms with van der Waals surface area (Å²) in [5.74, 6) is -1.27. The topological polar surface area (TPSA) is 96.6 Å². The Morgan fingerprint density at radius 2 is 2.00 bits per heavy atom. The van der Waals surface area contributed by atoms with Gasteiger partial charge < -0.3 is 5.11 Å². The zero-order chi connectivity index (χ0) is 16.1. The van der Waals surface area contributed by atoms with Crippen molar-refractivity contribution in [3.63, 3.8) is 0 Å². The van der Waals surface area contributed by atoms with Crippen LogP contribution in [0.3, 0.4) is 0 Å². The van der Waals surface area contributed by atoms with Gasteiger partial charge in [0, 0.05) is 5.69 Å². The van der Waals surface area contributed by atoms with E-state index < -0.39 is 5.97 Å². The van der Waals surface area contributed by atoms with Gasteiger partial charge in [0.05, 0.1) is 17.5 Å². The van der Waals surface area contributed by atoms with Gasteiger partial charge in [-0.3, -0.25) is 9.48 Å². The second-order valence-electron chi connectivity index (χ2n) is 4.81. The molecule has 0 atom stereocenters. The molecule has 7 nitrogen and oxygen atoms in total. The number of benzene rings is 1. The highest BCUT2D eigenvalue weighted by atomic mass is 16.4. The number of hydrazone groups is 1. The van der Waals surface area contributed by atoms with E-state index in [0.717, 1.165) is 11.4 Å². The molecule has 1 amide bonds. The Morgan fingerprint density at radius 1 is 1.32 bits per heavy atom. The van der Waals surface area contributed by atoms with Gasteiger partial charge in [0.2, 0.25) is 0 Å². The summed E-state index contributed by atoms with van der Waals surface area (Å²) in [6, 6.07) is 8.06. The summed E-state index contributed by atoms with van der Waals surface area (Å²) in [5.41, 5.74) is 5.06. The Labute approximate surface area is 127 Å². The van der Waals surface area contributed by atoms with Gasteiger partial charge in [-0.1, -0.05) is 12.1 Å². The van der Waals surface area contributed by atoms with Gasteiger partial charge in [0.15, 0.2) is 0 Å². The quantitative estimate of drug-likeness (QED) is 0.643. The molecule has 114 valence electrons. The largest absolute Gasteiger partial charge is 0.478 e. The van der Waals surface area contributed by atoms with Crippen LogP contribution in [0, 0.1) is 13.8 Å². The second kappa shape index (κ2) is 6.66. The fourth-order valence-electron chi connectivity index (χ4n) is 1.90. The van der Waals surface area contributed by atoms with Gasteiger partial charge in [-0.25, -0.2) is 10.2 Å². The fourth-order valence-corrected chi connectivity index (χ4v) is 1.90. The monoisotopic (exact) mass is 300 g/mol. The van der Waals surface area contributed by atoms with Crippen molar-refractivity contribution in [2.75, 3.05) is 0 Å². The van der Waals surface area contributed by atoms with Crippen molar-refractivity contribution in [1.82, 2.24) is 15.2 Å². The first kappa shape index (κ1) is 15.4. The summed E-state index contributed by atoms with van der Waals surface area (Å²) in [6.07, 6.45) is 1.45. The lowest BCUT2D eigenvalue weighted by molar-refractivity contribution is -0.121. The highest BCUT2D eigenvalue weighted by molar-refractivity contribution is 5.89. The van der Waals surface area contributed by atoms with Gasteiger partial charge in [-0.15, -0.1) is 0 Å². The summed E-state index contributed by atoms with van der Waals surface area (Å²) >= 11 is 0. The standard InChI is InChI=1S/C15H16N4O3/c1-10-7-11(2)19(18-10)9-14(20)17-16-8-12-3-5-13(6-4-12)15(21)22/h3-8H,9H2,1-2H3,(H,17,20)(H,21,22)/b16-8+. The number of carboxylic acid groups (broad SMARTS) is 1. The van der Waals surface area contributed by atoms with Crippen molar-refractivity contribution >= 4 is 18.1 Å². The number of amides is 1. The first-order chi connectivity index (χ1) is 10.5. The van der Waals surface area contributed by atoms with Crippen LogP contribution < -0.4 is 5.43 Å². The van der Waals surface area contributed by atoms with E-state index in [4.69, 9.17) is 5.11 Å². The highest BCUT2D eigenvalue weighted by Crippen LogP contribution is 2.02. The van der Waals surface area contributed by atoms with E-state index in [9.17, 15) is 9.59 Å². The number of carboxylic acids is 1. The third kappa shape index (κ3) is 4.02. The van der Waals surface area contributed by atoms with Gasteiger partial charge >= 0.3 is 5.97 Å². The average Bonchev–Trinajstić information content (AvgIpc) is 2.77. The third-order valence-electron chi connectivity index (χ3n) is 2.96. The maximum absolute atomic E-state index is 11.7. The Morgan fingerprint density at radius 3 is 2.55 bits per heavy atom. The van der Waals surface area contributed by atoms with Crippen LogP contribution >= 0.6 is 0 Å². The lowest BCUT2D eigenvalue weighted by Gasteiger charge is -2.02. The predicted octanol–water partition coefficient (Wildman–Crippen LogP) is 1.35. The molecule has 0 bridgehead atoms.